The van der Waals surface area contributed by atoms with E-state index in [2.05, 4.69) is 0 Å². The van der Waals surface area contributed by atoms with Crippen LogP contribution in [0.4, 0.5) is 5.69 Å². The Hall–Kier alpha value is -3.55. The van der Waals surface area contributed by atoms with Gasteiger partial charge in [-0.05, 0) is 37.3 Å². The average Bonchev–Trinajstić information content (AvgIpc) is 3.02. The second kappa shape index (κ2) is 9.07. The number of aldehydes is 1. The van der Waals surface area contributed by atoms with Gasteiger partial charge in [-0.3, -0.25) is 9.59 Å². The van der Waals surface area contributed by atoms with Gasteiger partial charge in [0.1, 0.15) is 23.5 Å². The largest absolute Gasteiger partial charge is 0.497 e. The number of fused-ring (bicyclic) bond motifs is 1. The molecule has 1 amide bonds. The van der Waals surface area contributed by atoms with Gasteiger partial charge in [-0.1, -0.05) is 0 Å². The van der Waals surface area contributed by atoms with E-state index in [4.69, 9.17) is 18.9 Å². The molecule has 31 heavy (non-hydrogen) atoms. The van der Waals surface area contributed by atoms with Gasteiger partial charge in [0.2, 0.25) is 5.91 Å². The molecule has 0 fully saturated rings. The van der Waals surface area contributed by atoms with E-state index in [-0.39, 0.29) is 19.6 Å². The Morgan fingerprint density at radius 3 is 2.32 bits per heavy atom. The Labute approximate surface area is 180 Å². The van der Waals surface area contributed by atoms with Crippen LogP contribution in [0.1, 0.15) is 24.5 Å². The maximum Gasteiger partial charge on any atom is 0.326 e. The molecule has 0 aromatic heterocycles. The smallest absolute Gasteiger partial charge is 0.326 e. The van der Waals surface area contributed by atoms with Crippen molar-refractivity contribution in [3.63, 3.8) is 0 Å². The van der Waals surface area contributed by atoms with Crippen LogP contribution in [0, 0.1) is 0 Å². The van der Waals surface area contributed by atoms with Crippen LogP contribution in [0.25, 0.3) is 0 Å². The number of amides is 1. The molecular weight excluding hydrogens is 402 g/mol. The molecule has 1 heterocycles. The fourth-order valence-electron chi connectivity index (χ4n) is 3.84. The van der Waals surface area contributed by atoms with Crippen molar-refractivity contribution in [2.45, 2.75) is 25.3 Å². The quantitative estimate of drug-likeness (QED) is 0.345. The molecule has 0 unspecified atom stereocenters. The van der Waals surface area contributed by atoms with Gasteiger partial charge in [0, 0.05) is 29.3 Å². The van der Waals surface area contributed by atoms with Crippen LogP contribution < -0.4 is 19.1 Å². The highest BCUT2D eigenvalue weighted by atomic mass is 16.5. The van der Waals surface area contributed by atoms with Crippen molar-refractivity contribution >= 4 is 23.9 Å². The Bertz CT molecular complexity index is 1000. The molecule has 164 valence electrons. The summed E-state index contributed by atoms with van der Waals surface area (Å²) >= 11 is 0. The van der Waals surface area contributed by atoms with Gasteiger partial charge < -0.3 is 28.6 Å². The van der Waals surface area contributed by atoms with Gasteiger partial charge in [0.05, 0.1) is 34.5 Å². The van der Waals surface area contributed by atoms with Crippen molar-refractivity contribution in [2.24, 2.45) is 0 Å². The van der Waals surface area contributed by atoms with Gasteiger partial charge in [-0.2, -0.15) is 0 Å². The van der Waals surface area contributed by atoms with E-state index in [1.807, 2.05) is 0 Å². The summed E-state index contributed by atoms with van der Waals surface area (Å²) < 4.78 is 21.2. The van der Waals surface area contributed by atoms with Crippen molar-refractivity contribution in [1.82, 2.24) is 0 Å². The van der Waals surface area contributed by atoms with Crippen molar-refractivity contribution in [2.75, 3.05) is 32.8 Å². The summed E-state index contributed by atoms with van der Waals surface area (Å²) in [6, 6.07) is 10.3. The van der Waals surface area contributed by atoms with Crippen LogP contribution in [-0.4, -0.2) is 46.1 Å². The third-order valence-corrected chi connectivity index (χ3v) is 5.40. The van der Waals surface area contributed by atoms with E-state index in [0.29, 0.717) is 40.3 Å². The number of hydrogen-bond acceptors (Lipinski definition) is 7. The van der Waals surface area contributed by atoms with Crippen LogP contribution in [0.3, 0.4) is 0 Å². The lowest BCUT2D eigenvalue weighted by atomic mass is 9.79. The molecule has 8 heteroatoms. The highest BCUT2D eigenvalue weighted by molar-refractivity contribution is 6.21. The average molecular weight is 427 g/mol. The summed E-state index contributed by atoms with van der Waals surface area (Å²) in [4.78, 5) is 39.7. The summed E-state index contributed by atoms with van der Waals surface area (Å²) in [7, 11) is 4.57. The van der Waals surface area contributed by atoms with Crippen LogP contribution in [0.15, 0.2) is 36.4 Å². The summed E-state index contributed by atoms with van der Waals surface area (Å²) in [5, 5.41) is 0. The summed E-state index contributed by atoms with van der Waals surface area (Å²) in [6.07, 6.45) is 0.233. The maximum absolute atomic E-state index is 13.7. The predicted octanol–water partition coefficient (Wildman–Crippen LogP) is 2.65. The fourth-order valence-corrected chi connectivity index (χ4v) is 3.84. The first-order valence-electron chi connectivity index (χ1n) is 9.79. The number of carbonyl (C=O) groups excluding carboxylic acids is 3. The van der Waals surface area contributed by atoms with Crippen molar-refractivity contribution in [1.29, 1.82) is 0 Å². The Kier molecular flexibility index (Phi) is 6.48. The van der Waals surface area contributed by atoms with E-state index < -0.39 is 17.3 Å². The molecule has 0 bridgehead atoms. The molecule has 1 atom stereocenters. The first-order valence-corrected chi connectivity index (χ1v) is 9.79. The number of ether oxygens (including phenoxy) is 4. The third-order valence-electron chi connectivity index (χ3n) is 5.40. The number of nitrogens with zero attached hydrogens (tertiary/aromatic N) is 1. The monoisotopic (exact) mass is 427 g/mol. The SMILES string of the molecule is CCOC(=O)[C@@]1(CC=O)C(=O)N(Cc2ccc(OC)cc2OC)c2ccc(OC)cc21. The summed E-state index contributed by atoms with van der Waals surface area (Å²) in [5.74, 6) is 0.325. The Balaban J connectivity index is 2.15. The Morgan fingerprint density at radius 2 is 1.71 bits per heavy atom. The number of methoxy groups -OCH3 is 3. The van der Waals surface area contributed by atoms with E-state index in [9.17, 15) is 14.4 Å². The van der Waals surface area contributed by atoms with E-state index in [1.165, 1.54) is 19.1 Å². The number of anilines is 1. The Morgan fingerprint density at radius 1 is 1.03 bits per heavy atom. The minimum atomic E-state index is -1.76. The van der Waals surface area contributed by atoms with Crippen molar-refractivity contribution < 1.29 is 33.3 Å². The lowest BCUT2D eigenvalue weighted by molar-refractivity contribution is -0.154. The van der Waals surface area contributed by atoms with Gasteiger partial charge in [0.15, 0.2) is 5.41 Å². The molecule has 0 N–H and O–H groups in total. The molecule has 1 aliphatic rings. The molecule has 0 radical (unpaired) electrons. The van der Waals surface area contributed by atoms with Crippen LogP contribution in [-0.2, 0) is 31.1 Å². The molecule has 2 aromatic rings. The minimum Gasteiger partial charge on any atom is -0.497 e. The van der Waals surface area contributed by atoms with Crippen LogP contribution in [0.5, 0.6) is 17.2 Å². The minimum absolute atomic E-state index is 0.0817. The molecular formula is C23H25NO7. The first kappa shape index (κ1) is 22.1. The highest BCUT2D eigenvalue weighted by Crippen LogP contribution is 2.47. The van der Waals surface area contributed by atoms with Gasteiger partial charge in [-0.15, -0.1) is 0 Å². The number of carbonyl (C=O) groups is 3. The lowest BCUT2D eigenvalue weighted by Crippen LogP contribution is -2.47. The number of esters is 1. The van der Waals surface area contributed by atoms with Crippen molar-refractivity contribution in [3.05, 3.63) is 47.5 Å². The standard InChI is InChI=1S/C23H25NO7/c1-5-31-22(27)23(10-11-25)18-12-16(28-2)8-9-19(18)24(21(23)26)14-15-6-7-17(29-3)13-20(15)30-4/h6-9,11-13H,5,10,14H2,1-4H3/t23-/m1/s1. The second-order valence-electron chi connectivity index (χ2n) is 6.95. The molecule has 0 aliphatic carbocycles. The molecule has 0 saturated carbocycles. The van der Waals surface area contributed by atoms with Crippen LogP contribution >= 0.6 is 0 Å². The highest BCUT2D eigenvalue weighted by Gasteiger charge is 2.57. The molecule has 8 nitrogen and oxygen atoms in total. The van der Waals surface area contributed by atoms with Gasteiger partial charge in [-0.25, -0.2) is 0 Å². The van der Waals surface area contributed by atoms with Gasteiger partial charge in [0.25, 0.3) is 0 Å². The molecule has 2 aromatic carbocycles. The second-order valence-corrected chi connectivity index (χ2v) is 6.95. The zero-order chi connectivity index (χ0) is 22.6. The fraction of sp³-hybridized carbons (Fsp3) is 0.348. The molecule has 3 rings (SSSR count). The predicted molar refractivity (Wildman–Crippen MR) is 113 cm³/mol. The zero-order valence-electron chi connectivity index (χ0n) is 18.0. The summed E-state index contributed by atoms with van der Waals surface area (Å²) in [5.41, 5.74) is -0.154. The lowest BCUT2D eigenvalue weighted by Gasteiger charge is -2.25. The van der Waals surface area contributed by atoms with E-state index >= 15 is 0 Å². The maximum atomic E-state index is 13.7. The first-order chi connectivity index (χ1) is 15.0. The normalized spacial score (nSPS) is 17.2. The number of hydrogen-bond donors (Lipinski definition) is 0. The molecule has 1 aliphatic heterocycles. The van der Waals surface area contributed by atoms with E-state index in [1.54, 1.807) is 50.4 Å². The van der Waals surface area contributed by atoms with E-state index in [0.717, 1.165) is 0 Å². The van der Waals surface area contributed by atoms with Crippen LogP contribution in [0.2, 0.25) is 0 Å². The topological polar surface area (TPSA) is 91.4 Å². The number of benzene rings is 2. The summed E-state index contributed by atoms with van der Waals surface area (Å²) in [6.45, 7) is 1.86. The zero-order valence-corrected chi connectivity index (χ0v) is 18.0. The number of rotatable bonds is 9. The van der Waals surface area contributed by atoms with Gasteiger partial charge >= 0.3 is 5.97 Å². The van der Waals surface area contributed by atoms with Crippen molar-refractivity contribution in [3.8, 4) is 17.2 Å². The molecule has 0 saturated heterocycles. The molecule has 0 spiro atoms. The third kappa shape index (κ3) is 3.69.